The minimum atomic E-state index is -0.555. The molecule has 1 aromatic carbocycles. The number of ether oxygens (including phenoxy) is 3. The highest BCUT2D eigenvalue weighted by molar-refractivity contribution is 5.85. The number of methoxy groups -OCH3 is 1. The van der Waals surface area contributed by atoms with Crippen molar-refractivity contribution in [3.8, 4) is 11.5 Å². The molecule has 6 nitrogen and oxygen atoms in total. The summed E-state index contributed by atoms with van der Waals surface area (Å²) in [6.07, 6.45) is 1.10. The molecule has 0 spiro atoms. The summed E-state index contributed by atoms with van der Waals surface area (Å²) in [6.45, 7) is 0.389. The van der Waals surface area contributed by atoms with Gasteiger partial charge in [-0.15, -0.1) is 0 Å². The molecule has 1 heterocycles. The van der Waals surface area contributed by atoms with E-state index in [0.29, 0.717) is 24.5 Å². The van der Waals surface area contributed by atoms with Crippen LogP contribution in [0.2, 0.25) is 0 Å². The number of hydrogen-bond acceptors (Lipinski definition) is 5. The Labute approximate surface area is 117 Å². The van der Waals surface area contributed by atoms with E-state index in [4.69, 9.17) is 14.2 Å². The van der Waals surface area contributed by atoms with Crippen molar-refractivity contribution in [3.05, 3.63) is 24.3 Å². The summed E-state index contributed by atoms with van der Waals surface area (Å²) in [4.78, 5) is 23.3. The summed E-state index contributed by atoms with van der Waals surface area (Å²) in [6, 6.07) is 6.82. The Morgan fingerprint density at radius 2 is 2.10 bits per heavy atom. The number of para-hydroxylation sites is 2. The summed E-state index contributed by atoms with van der Waals surface area (Å²) in [5, 5.41) is 2.50. The van der Waals surface area contributed by atoms with Gasteiger partial charge < -0.3 is 19.5 Å². The highest BCUT2D eigenvalue weighted by atomic mass is 16.6. The smallest absolute Gasteiger partial charge is 0.330 e. The first-order chi connectivity index (χ1) is 9.70. The maximum Gasteiger partial charge on any atom is 0.330 e. The van der Waals surface area contributed by atoms with Gasteiger partial charge in [0.05, 0.1) is 7.11 Å². The standard InChI is InChI=1S/C14H17NO5/c1-18-10-5-2-3-6-11(10)20-13(16)9-15-14(17)12-7-4-8-19-12/h2-3,5-6,12H,4,7-9H2,1H3,(H,15,17). The molecule has 0 radical (unpaired) electrons. The Kier molecular flexibility index (Phi) is 4.95. The van der Waals surface area contributed by atoms with Gasteiger partial charge >= 0.3 is 5.97 Å². The van der Waals surface area contributed by atoms with E-state index in [0.717, 1.165) is 6.42 Å². The number of nitrogens with one attached hydrogen (secondary N) is 1. The van der Waals surface area contributed by atoms with Crippen LogP contribution in [-0.4, -0.2) is 38.2 Å². The molecule has 1 unspecified atom stereocenters. The normalized spacial score (nSPS) is 17.6. The Hall–Kier alpha value is -2.08. The molecule has 0 saturated carbocycles. The molecule has 0 aromatic heterocycles. The number of amides is 1. The minimum Gasteiger partial charge on any atom is -0.493 e. The highest BCUT2D eigenvalue weighted by Crippen LogP contribution is 2.25. The second-order valence-electron chi connectivity index (χ2n) is 4.34. The molecule has 0 bridgehead atoms. The van der Waals surface area contributed by atoms with Crippen molar-refractivity contribution >= 4 is 11.9 Å². The van der Waals surface area contributed by atoms with E-state index in [9.17, 15) is 9.59 Å². The van der Waals surface area contributed by atoms with Gasteiger partial charge in [0.15, 0.2) is 11.5 Å². The average Bonchev–Trinajstić information content (AvgIpc) is 2.99. The van der Waals surface area contributed by atoms with Gasteiger partial charge in [-0.05, 0) is 25.0 Å². The third-order valence-electron chi connectivity index (χ3n) is 2.92. The number of hydrogen-bond donors (Lipinski definition) is 1. The molecular weight excluding hydrogens is 262 g/mol. The van der Waals surface area contributed by atoms with E-state index in [-0.39, 0.29) is 12.5 Å². The van der Waals surface area contributed by atoms with Crippen molar-refractivity contribution in [1.82, 2.24) is 5.32 Å². The van der Waals surface area contributed by atoms with Gasteiger partial charge in [0.1, 0.15) is 12.6 Å². The van der Waals surface area contributed by atoms with E-state index in [1.165, 1.54) is 7.11 Å². The Bertz CT molecular complexity index is 482. The minimum absolute atomic E-state index is 0.198. The zero-order valence-corrected chi connectivity index (χ0v) is 11.3. The fraction of sp³-hybridized carbons (Fsp3) is 0.429. The monoisotopic (exact) mass is 279 g/mol. The molecule has 1 aromatic rings. The van der Waals surface area contributed by atoms with Crippen LogP contribution in [0.5, 0.6) is 11.5 Å². The molecule has 1 saturated heterocycles. The summed E-state index contributed by atoms with van der Waals surface area (Å²) < 4.78 is 15.4. The molecule has 2 rings (SSSR count). The van der Waals surface area contributed by atoms with Crippen LogP contribution in [0.3, 0.4) is 0 Å². The van der Waals surface area contributed by atoms with Crippen molar-refractivity contribution in [3.63, 3.8) is 0 Å². The fourth-order valence-corrected chi connectivity index (χ4v) is 1.92. The number of carbonyl (C=O) groups is 2. The average molecular weight is 279 g/mol. The quantitative estimate of drug-likeness (QED) is 0.640. The Balaban J connectivity index is 1.81. The number of benzene rings is 1. The Morgan fingerprint density at radius 3 is 2.75 bits per heavy atom. The third kappa shape index (κ3) is 3.71. The number of rotatable bonds is 5. The SMILES string of the molecule is COc1ccccc1OC(=O)CNC(=O)C1CCCO1. The lowest BCUT2D eigenvalue weighted by molar-refractivity contribution is -0.138. The number of esters is 1. The summed E-state index contributed by atoms with van der Waals surface area (Å²) in [5.41, 5.74) is 0. The van der Waals surface area contributed by atoms with Crippen LogP contribution < -0.4 is 14.8 Å². The predicted octanol–water partition coefficient (Wildman–Crippen LogP) is 0.896. The molecule has 1 N–H and O–H groups in total. The molecule has 0 aliphatic carbocycles. The van der Waals surface area contributed by atoms with Crippen molar-refractivity contribution < 1.29 is 23.8 Å². The van der Waals surface area contributed by atoms with Crippen molar-refractivity contribution in [2.75, 3.05) is 20.3 Å². The summed E-state index contributed by atoms with van der Waals surface area (Å²) >= 11 is 0. The van der Waals surface area contributed by atoms with E-state index >= 15 is 0 Å². The van der Waals surface area contributed by atoms with E-state index in [1.807, 2.05) is 0 Å². The molecule has 1 aliphatic heterocycles. The first-order valence-corrected chi connectivity index (χ1v) is 6.43. The van der Waals surface area contributed by atoms with E-state index < -0.39 is 12.1 Å². The summed E-state index contributed by atoms with van der Waals surface area (Å²) in [7, 11) is 1.49. The lowest BCUT2D eigenvalue weighted by atomic mass is 10.2. The third-order valence-corrected chi connectivity index (χ3v) is 2.92. The molecule has 20 heavy (non-hydrogen) atoms. The molecule has 108 valence electrons. The molecule has 6 heteroatoms. The largest absolute Gasteiger partial charge is 0.493 e. The number of carbonyl (C=O) groups excluding carboxylic acids is 2. The topological polar surface area (TPSA) is 73.9 Å². The van der Waals surface area contributed by atoms with Gasteiger partial charge in [-0.3, -0.25) is 4.79 Å². The van der Waals surface area contributed by atoms with Gasteiger partial charge in [-0.2, -0.15) is 0 Å². The van der Waals surface area contributed by atoms with E-state index in [1.54, 1.807) is 24.3 Å². The highest BCUT2D eigenvalue weighted by Gasteiger charge is 2.24. The zero-order chi connectivity index (χ0) is 14.4. The van der Waals surface area contributed by atoms with Gasteiger partial charge in [-0.1, -0.05) is 12.1 Å². The Morgan fingerprint density at radius 1 is 1.35 bits per heavy atom. The lowest BCUT2D eigenvalue weighted by Gasteiger charge is -2.11. The van der Waals surface area contributed by atoms with Crippen LogP contribution in [0, 0.1) is 0 Å². The molecule has 1 fully saturated rings. The second kappa shape index (κ2) is 6.91. The van der Waals surface area contributed by atoms with Gasteiger partial charge in [-0.25, -0.2) is 4.79 Å². The van der Waals surface area contributed by atoms with Crippen molar-refractivity contribution in [2.45, 2.75) is 18.9 Å². The second-order valence-corrected chi connectivity index (χ2v) is 4.34. The summed E-state index contributed by atoms with van der Waals surface area (Å²) in [5.74, 6) is -0.0435. The van der Waals surface area contributed by atoms with Crippen molar-refractivity contribution in [1.29, 1.82) is 0 Å². The van der Waals surface area contributed by atoms with Crippen LogP contribution in [0.25, 0.3) is 0 Å². The fourth-order valence-electron chi connectivity index (χ4n) is 1.92. The van der Waals surface area contributed by atoms with Gasteiger partial charge in [0.25, 0.3) is 0 Å². The first-order valence-electron chi connectivity index (χ1n) is 6.43. The van der Waals surface area contributed by atoms with Gasteiger partial charge in [0.2, 0.25) is 5.91 Å². The molecule has 1 amide bonds. The van der Waals surface area contributed by atoms with E-state index in [2.05, 4.69) is 5.32 Å². The van der Waals surface area contributed by atoms with Crippen LogP contribution in [0.15, 0.2) is 24.3 Å². The van der Waals surface area contributed by atoms with Gasteiger partial charge in [0, 0.05) is 6.61 Å². The van der Waals surface area contributed by atoms with Crippen LogP contribution in [-0.2, 0) is 14.3 Å². The van der Waals surface area contributed by atoms with Crippen LogP contribution >= 0.6 is 0 Å². The first kappa shape index (κ1) is 14.3. The van der Waals surface area contributed by atoms with Crippen LogP contribution in [0.1, 0.15) is 12.8 Å². The molecule has 1 atom stereocenters. The zero-order valence-electron chi connectivity index (χ0n) is 11.3. The van der Waals surface area contributed by atoms with Crippen LogP contribution in [0.4, 0.5) is 0 Å². The maximum absolute atomic E-state index is 11.7. The molecular formula is C14H17NO5. The maximum atomic E-state index is 11.7. The lowest BCUT2D eigenvalue weighted by Crippen LogP contribution is -2.38. The van der Waals surface area contributed by atoms with Crippen molar-refractivity contribution in [2.24, 2.45) is 0 Å². The molecule has 1 aliphatic rings. The predicted molar refractivity (Wildman–Crippen MR) is 70.6 cm³/mol.